The number of carbonyl (C=O) groups is 2. The van der Waals surface area contributed by atoms with Crippen LogP contribution in [-0.2, 0) is 10.5 Å². The van der Waals surface area contributed by atoms with Gasteiger partial charge in [0.25, 0.3) is 5.91 Å². The molecule has 134 valence electrons. The van der Waals surface area contributed by atoms with Crippen LogP contribution in [0.25, 0.3) is 0 Å². The Balaban J connectivity index is 1.99. The fourth-order valence-corrected chi connectivity index (χ4v) is 3.45. The van der Waals surface area contributed by atoms with Crippen LogP contribution >= 0.6 is 11.8 Å². The Bertz CT molecular complexity index is 787. The average molecular weight is 367 g/mol. The number of aryl methyl sites for hydroxylation is 1. The summed E-state index contributed by atoms with van der Waals surface area (Å²) in [6, 6.07) is 18.8. The van der Waals surface area contributed by atoms with E-state index in [4.69, 9.17) is 5.26 Å². The first kappa shape index (κ1) is 19.5. The molecular weight excluding hydrogens is 346 g/mol. The minimum absolute atomic E-state index is 0.0487. The Hall–Kier alpha value is -2.78. The Morgan fingerprint density at radius 2 is 1.77 bits per heavy atom. The van der Waals surface area contributed by atoms with Crippen LogP contribution in [0.4, 0.5) is 0 Å². The summed E-state index contributed by atoms with van der Waals surface area (Å²) in [4.78, 5) is 24.5. The molecule has 0 aliphatic heterocycles. The van der Waals surface area contributed by atoms with Crippen LogP contribution < -0.4 is 10.6 Å². The van der Waals surface area contributed by atoms with Crippen LogP contribution in [0.3, 0.4) is 0 Å². The molecule has 0 aliphatic carbocycles. The lowest BCUT2D eigenvalue weighted by Gasteiger charge is -2.17. The van der Waals surface area contributed by atoms with E-state index in [1.807, 2.05) is 43.3 Å². The summed E-state index contributed by atoms with van der Waals surface area (Å²) in [5.41, 5.74) is 2.85. The highest BCUT2D eigenvalue weighted by Gasteiger charge is 2.20. The summed E-state index contributed by atoms with van der Waals surface area (Å²) in [7, 11) is 0. The Kier molecular flexibility index (Phi) is 7.72. The maximum atomic E-state index is 12.3. The van der Waals surface area contributed by atoms with Gasteiger partial charge in [-0.15, -0.1) is 11.8 Å². The minimum Gasteiger partial charge on any atom is -0.350 e. The standard InChI is InChI=1S/C20H21N3O2S/c1-15-7-5-6-10-17(15)14-26-18(20(25)22-12-11-21)13-23-19(24)16-8-3-2-4-9-16/h2-10,18H,12-14H2,1H3,(H,22,25)(H,23,24). The van der Waals surface area contributed by atoms with Gasteiger partial charge in [-0.05, 0) is 30.2 Å². The molecule has 0 bridgehead atoms. The minimum atomic E-state index is -0.476. The van der Waals surface area contributed by atoms with E-state index in [0.29, 0.717) is 11.3 Å². The van der Waals surface area contributed by atoms with E-state index >= 15 is 0 Å². The van der Waals surface area contributed by atoms with Crippen molar-refractivity contribution in [3.05, 3.63) is 71.3 Å². The first-order valence-electron chi connectivity index (χ1n) is 8.26. The lowest BCUT2D eigenvalue weighted by atomic mass is 10.1. The Labute approximate surface area is 157 Å². The number of carbonyl (C=O) groups excluding carboxylic acids is 2. The first-order chi connectivity index (χ1) is 12.6. The summed E-state index contributed by atoms with van der Waals surface area (Å²) in [5.74, 6) is 0.178. The van der Waals surface area contributed by atoms with Gasteiger partial charge in [0.2, 0.25) is 5.91 Å². The van der Waals surface area contributed by atoms with Crippen molar-refractivity contribution in [1.29, 1.82) is 5.26 Å². The summed E-state index contributed by atoms with van der Waals surface area (Å²) >= 11 is 1.45. The van der Waals surface area contributed by atoms with Gasteiger partial charge in [-0.3, -0.25) is 9.59 Å². The maximum Gasteiger partial charge on any atom is 0.251 e. The number of thioether (sulfide) groups is 1. The predicted octanol–water partition coefficient (Wildman–Crippen LogP) is 2.67. The van der Waals surface area contributed by atoms with Gasteiger partial charge < -0.3 is 10.6 Å². The molecular formula is C20H21N3O2S. The highest BCUT2D eigenvalue weighted by atomic mass is 32.2. The molecule has 5 nitrogen and oxygen atoms in total. The van der Waals surface area contributed by atoms with E-state index in [0.717, 1.165) is 11.1 Å². The third-order valence-electron chi connectivity index (χ3n) is 3.82. The quantitative estimate of drug-likeness (QED) is 0.703. The van der Waals surface area contributed by atoms with Gasteiger partial charge in [-0.25, -0.2) is 0 Å². The van der Waals surface area contributed by atoms with E-state index in [1.165, 1.54) is 11.8 Å². The summed E-state index contributed by atoms with van der Waals surface area (Å²) in [6.45, 7) is 2.17. The Morgan fingerprint density at radius 3 is 2.46 bits per heavy atom. The molecule has 26 heavy (non-hydrogen) atoms. The van der Waals surface area contributed by atoms with E-state index in [1.54, 1.807) is 24.3 Å². The van der Waals surface area contributed by atoms with Crippen molar-refractivity contribution < 1.29 is 9.59 Å². The van der Waals surface area contributed by atoms with Gasteiger partial charge in [0.05, 0.1) is 6.07 Å². The predicted molar refractivity (Wildman–Crippen MR) is 104 cm³/mol. The summed E-state index contributed by atoms with van der Waals surface area (Å²) < 4.78 is 0. The third-order valence-corrected chi connectivity index (χ3v) is 5.08. The lowest BCUT2D eigenvalue weighted by Crippen LogP contribution is -2.41. The van der Waals surface area contributed by atoms with Gasteiger partial charge in [0.1, 0.15) is 11.8 Å². The van der Waals surface area contributed by atoms with Gasteiger partial charge in [0, 0.05) is 17.9 Å². The van der Waals surface area contributed by atoms with Crippen LogP contribution in [0, 0.1) is 18.3 Å². The van der Waals surface area contributed by atoms with Crippen molar-refractivity contribution in [3.8, 4) is 6.07 Å². The Morgan fingerprint density at radius 1 is 1.08 bits per heavy atom. The SMILES string of the molecule is Cc1ccccc1CSC(CNC(=O)c1ccccc1)C(=O)NCC#N. The number of hydrogen-bond acceptors (Lipinski definition) is 4. The molecule has 1 atom stereocenters. The molecule has 0 fully saturated rings. The highest BCUT2D eigenvalue weighted by molar-refractivity contribution is 7.99. The molecule has 1 unspecified atom stereocenters. The second kappa shape index (κ2) is 10.3. The molecule has 2 aromatic carbocycles. The zero-order valence-electron chi connectivity index (χ0n) is 14.6. The fraction of sp³-hybridized carbons (Fsp3) is 0.250. The number of hydrogen-bond donors (Lipinski definition) is 2. The zero-order valence-corrected chi connectivity index (χ0v) is 15.4. The number of nitrogens with one attached hydrogen (secondary N) is 2. The first-order valence-corrected chi connectivity index (χ1v) is 9.30. The van der Waals surface area contributed by atoms with E-state index in [2.05, 4.69) is 10.6 Å². The monoisotopic (exact) mass is 367 g/mol. The van der Waals surface area contributed by atoms with E-state index in [9.17, 15) is 9.59 Å². The van der Waals surface area contributed by atoms with Crippen LogP contribution in [0.5, 0.6) is 0 Å². The molecule has 6 heteroatoms. The van der Waals surface area contributed by atoms with Crippen molar-refractivity contribution in [2.45, 2.75) is 17.9 Å². The van der Waals surface area contributed by atoms with Crippen molar-refractivity contribution in [2.24, 2.45) is 0 Å². The highest BCUT2D eigenvalue weighted by Crippen LogP contribution is 2.20. The second-order valence-corrected chi connectivity index (χ2v) is 6.87. The van der Waals surface area contributed by atoms with Gasteiger partial charge in [-0.2, -0.15) is 5.26 Å². The molecule has 0 aromatic heterocycles. The van der Waals surface area contributed by atoms with Crippen LogP contribution in [0.2, 0.25) is 0 Å². The topological polar surface area (TPSA) is 82.0 Å². The molecule has 2 rings (SSSR count). The smallest absolute Gasteiger partial charge is 0.251 e. The number of benzene rings is 2. The molecule has 2 aromatic rings. The molecule has 0 aliphatic rings. The molecule has 0 radical (unpaired) electrons. The third kappa shape index (κ3) is 5.94. The van der Waals surface area contributed by atoms with Crippen LogP contribution in [-0.4, -0.2) is 30.2 Å². The van der Waals surface area contributed by atoms with Gasteiger partial charge in [0.15, 0.2) is 0 Å². The van der Waals surface area contributed by atoms with Crippen LogP contribution in [0.15, 0.2) is 54.6 Å². The molecule has 0 saturated carbocycles. The molecule has 2 N–H and O–H groups in total. The molecule has 0 saturated heterocycles. The van der Waals surface area contributed by atoms with Gasteiger partial charge in [-0.1, -0.05) is 42.5 Å². The number of rotatable bonds is 8. The van der Waals surface area contributed by atoms with Crippen LogP contribution in [0.1, 0.15) is 21.5 Å². The van der Waals surface area contributed by atoms with Crippen molar-refractivity contribution in [2.75, 3.05) is 13.1 Å². The largest absolute Gasteiger partial charge is 0.350 e. The lowest BCUT2D eigenvalue weighted by molar-refractivity contribution is -0.120. The number of amides is 2. The normalized spacial score (nSPS) is 11.2. The number of nitriles is 1. The van der Waals surface area contributed by atoms with E-state index in [-0.39, 0.29) is 24.9 Å². The molecule has 0 heterocycles. The summed E-state index contributed by atoms with van der Waals surface area (Å²) in [6.07, 6.45) is 0. The second-order valence-electron chi connectivity index (χ2n) is 5.68. The molecule has 2 amide bonds. The maximum absolute atomic E-state index is 12.3. The average Bonchev–Trinajstić information content (AvgIpc) is 2.67. The zero-order chi connectivity index (χ0) is 18.8. The van der Waals surface area contributed by atoms with E-state index < -0.39 is 5.25 Å². The van der Waals surface area contributed by atoms with Crippen molar-refractivity contribution in [1.82, 2.24) is 10.6 Å². The fourth-order valence-electron chi connectivity index (χ4n) is 2.31. The summed E-state index contributed by atoms with van der Waals surface area (Å²) in [5, 5.41) is 13.6. The van der Waals surface area contributed by atoms with Crippen molar-refractivity contribution >= 4 is 23.6 Å². The van der Waals surface area contributed by atoms with Crippen molar-refractivity contribution in [3.63, 3.8) is 0 Å². The molecule has 0 spiro atoms. The number of nitrogens with zero attached hydrogens (tertiary/aromatic N) is 1. The van der Waals surface area contributed by atoms with Gasteiger partial charge >= 0.3 is 0 Å².